The number of urea groups is 1. The van der Waals surface area contributed by atoms with Gasteiger partial charge in [0, 0.05) is 29.3 Å². The van der Waals surface area contributed by atoms with Crippen LogP contribution in [0.4, 0.5) is 4.79 Å². The predicted octanol–water partition coefficient (Wildman–Crippen LogP) is -1.61. The maximum atomic E-state index is 13.0. The van der Waals surface area contributed by atoms with E-state index in [2.05, 4.69) is 36.2 Å². The fraction of sp³-hybridized carbons (Fsp3) is 0.368. The third kappa shape index (κ3) is 5.35. The van der Waals surface area contributed by atoms with Crippen LogP contribution in [0.1, 0.15) is 12.0 Å². The van der Waals surface area contributed by atoms with E-state index in [9.17, 15) is 29.1 Å². The van der Waals surface area contributed by atoms with E-state index in [1.54, 1.807) is 6.07 Å². The molecule has 17 heteroatoms. The molecule has 2 unspecified atom stereocenters. The number of H-pyrrole nitrogens is 2. The number of tetrazole rings is 1. The number of nitrogens with zero attached hydrogens (tertiary/aromatic N) is 4. The molecule has 36 heavy (non-hydrogen) atoms. The van der Waals surface area contributed by atoms with Crippen molar-refractivity contribution in [2.45, 2.75) is 34.7 Å². The van der Waals surface area contributed by atoms with E-state index < -0.39 is 46.0 Å². The number of β-lactam (4-membered cyclic amide) rings is 1. The van der Waals surface area contributed by atoms with Gasteiger partial charge in [-0.3, -0.25) is 19.3 Å². The van der Waals surface area contributed by atoms with Gasteiger partial charge in [-0.1, -0.05) is 17.8 Å². The first-order valence-electron chi connectivity index (χ1n) is 10.6. The molecule has 0 aliphatic carbocycles. The normalized spacial score (nSPS) is 19.8. The molecule has 2 aromatic rings. The number of carbonyl (C=O) groups excluding carboxylic acids is 3. The number of carboxylic acids is 1. The van der Waals surface area contributed by atoms with Crippen LogP contribution in [0, 0.1) is 0 Å². The van der Waals surface area contributed by atoms with Crippen molar-refractivity contribution in [2.75, 3.05) is 12.3 Å². The van der Waals surface area contributed by atoms with Gasteiger partial charge in [0.1, 0.15) is 17.1 Å². The first-order valence-corrected chi connectivity index (χ1v) is 12.5. The molecule has 7 N–H and O–H groups in total. The Morgan fingerprint density at radius 1 is 1.36 bits per heavy atom. The highest BCUT2D eigenvalue weighted by atomic mass is 32.2. The Balaban J connectivity index is 1.52. The van der Waals surface area contributed by atoms with Crippen molar-refractivity contribution >= 4 is 47.3 Å². The van der Waals surface area contributed by atoms with Crippen LogP contribution in [0.15, 0.2) is 39.6 Å². The average molecular weight is 536 g/mol. The molecule has 1 fully saturated rings. The molecular weight excluding hydrogens is 514 g/mol. The van der Waals surface area contributed by atoms with Gasteiger partial charge < -0.3 is 26.5 Å². The Bertz CT molecular complexity index is 1260. The van der Waals surface area contributed by atoms with Gasteiger partial charge in [-0.2, -0.15) is 5.21 Å². The minimum atomic E-state index is -1.30. The van der Waals surface area contributed by atoms with Gasteiger partial charge in [-0.25, -0.2) is 9.59 Å². The number of aromatic nitrogens is 5. The second-order valence-corrected chi connectivity index (χ2v) is 9.99. The average Bonchev–Trinajstić information content (AvgIpc) is 3.35. The summed E-state index contributed by atoms with van der Waals surface area (Å²) in [7, 11) is 0. The summed E-state index contributed by atoms with van der Waals surface area (Å²) in [4.78, 5) is 64.3. The smallest absolute Gasteiger partial charge is 0.352 e. The van der Waals surface area contributed by atoms with Crippen LogP contribution in [0.25, 0.3) is 0 Å². The number of pyridine rings is 1. The standard InChI is InChI=1S/C19H21N9O6S2/c20-18(34)22-5-3-10(36-19-24-26-27-25-19)9-7-35-16-12(15(31)28(16)13(9)17(32)33)23-11(29)6-8-2-1-4-21-14(8)30/h1-2,4,10,12,16H,3,5-7H2,(H,21,30)(H,23,29)(H,32,33)(H3,20,22,34)(H,24,25,26,27)/t10?,12?,16-/m0/s1. The number of hydrogen-bond donors (Lipinski definition) is 6. The van der Waals surface area contributed by atoms with Crippen LogP contribution in [-0.4, -0.2) is 88.4 Å². The monoisotopic (exact) mass is 535 g/mol. The lowest BCUT2D eigenvalue weighted by molar-refractivity contribution is -0.150. The minimum absolute atomic E-state index is 0.153. The fourth-order valence-electron chi connectivity index (χ4n) is 3.84. The number of primary amides is 1. The van der Waals surface area contributed by atoms with Crippen LogP contribution in [-0.2, 0) is 20.8 Å². The van der Waals surface area contributed by atoms with E-state index in [-0.39, 0.29) is 41.6 Å². The number of fused-ring (bicyclic) bond motifs is 1. The SMILES string of the molecule is NC(=O)NCCC(Sc1nn[nH]n1)C1=C(C(=O)O)N2C(=O)C(NC(=O)Cc3ccc[nH]c3=O)[C@@H]2SC1. The number of carboxylic acid groups (broad SMARTS) is 1. The van der Waals surface area contributed by atoms with Gasteiger partial charge in [0.25, 0.3) is 11.5 Å². The molecule has 0 bridgehead atoms. The largest absolute Gasteiger partial charge is 0.477 e. The maximum Gasteiger partial charge on any atom is 0.352 e. The van der Waals surface area contributed by atoms with E-state index in [4.69, 9.17) is 5.73 Å². The highest BCUT2D eigenvalue weighted by Crippen LogP contribution is 2.44. The topological polar surface area (TPSA) is 229 Å². The summed E-state index contributed by atoms with van der Waals surface area (Å²) < 4.78 is 0. The molecule has 1 saturated heterocycles. The van der Waals surface area contributed by atoms with Crippen LogP contribution >= 0.6 is 23.5 Å². The third-order valence-electron chi connectivity index (χ3n) is 5.44. The first-order chi connectivity index (χ1) is 17.3. The van der Waals surface area contributed by atoms with Crippen molar-refractivity contribution in [1.29, 1.82) is 0 Å². The third-order valence-corrected chi connectivity index (χ3v) is 7.93. The molecule has 190 valence electrons. The molecule has 4 heterocycles. The summed E-state index contributed by atoms with van der Waals surface area (Å²) in [5.41, 5.74) is 5.23. The number of amides is 4. The molecular formula is C19H21N9O6S2. The van der Waals surface area contributed by atoms with Crippen LogP contribution in [0.2, 0.25) is 0 Å². The zero-order valence-corrected chi connectivity index (χ0v) is 20.1. The van der Waals surface area contributed by atoms with Gasteiger partial charge in [0.15, 0.2) is 0 Å². The summed E-state index contributed by atoms with van der Waals surface area (Å²) in [5.74, 6) is -2.16. The Morgan fingerprint density at radius 3 is 2.83 bits per heavy atom. The molecule has 2 aromatic heterocycles. The number of rotatable bonds is 10. The van der Waals surface area contributed by atoms with Crippen molar-refractivity contribution in [3.8, 4) is 0 Å². The van der Waals surface area contributed by atoms with Gasteiger partial charge in [-0.15, -0.1) is 22.0 Å². The van der Waals surface area contributed by atoms with E-state index in [1.807, 2.05) is 0 Å². The second kappa shape index (κ2) is 10.8. The lowest BCUT2D eigenvalue weighted by Gasteiger charge is -2.50. The molecule has 2 aliphatic rings. The number of aliphatic carboxylic acids is 1. The Hall–Kier alpha value is -3.86. The summed E-state index contributed by atoms with van der Waals surface area (Å²) in [6, 6.07) is 1.44. The Kier molecular flexibility index (Phi) is 7.58. The summed E-state index contributed by atoms with van der Waals surface area (Å²) in [5, 5.41) is 27.8. The quantitative estimate of drug-likeness (QED) is 0.150. The number of nitrogens with one attached hydrogen (secondary N) is 4. The van der Waals surface area contributed by atoms with Gasteiger partial charge in [-0.05, 0) is 23.3 Å². The highest BCUT2D eigenvalue weighted by Gasteiger charge is 2.54. The number of aromatic amines is 2. The van der Waals surface area contributed by atoms with Crippen LogP contribution in [0.3, 0.4) is 0 Å². The molecule has 0 spiro atoms. The molecule has 15 nitrogen and oxygen atoms in total. The molecule has 3 atom stereocenters. The predicted molar refractivity (Wildman–Crippen MR) is 126 cm³/mol. The fourth-order valence-corrected chi connectivity index (χ4v) is 6.38. The lowest BCUT2D eigenvalue weighted by Crippen LogP contribution is -2.70. The molecule has 4 amide bonds. The molecule has 0 radical (unpaired) electrons. The number of nitrogens with two attached hydrogens (primary N) is 1. The summed E-state index contributed by atoms with van der Waals surface area (Å²) in [6.45, 7) is 0.153. The van der Waals surface area contributed by atoms with Crippen molar-refractivity contribution < 1.29 is 24.3 Å². The van der Waals surface area contributed by atoms with Crippen LogP contribution in [0.5, 0.6) is 0 Å². The highest BCUT2D eigenvalue weighted by molar-refractivity contribution is 8.01. The molecule has 0 aromatic carbocycles. The zero-order valence-electron chi connectivity index (χ0n) is 18.5. The van der Waals surface area contributed by atoms with Gasteiger partial charge in [0.05, 0.1) is 6.42 Å². The van der Waals surface area contributed by atoms with Crippen molar-refractivity contribution in [1.82, 2.24) is 41.1 Å². The molecule has 2 aliphatic heterocycles. The second-order valence-electron chi connectivity index (χ2n) is 7.72. The number of carbonyl (C=O) groups is 4. The van der Waals surface area contributed by atoms with Crippen molar-refractivity contribution in [3.63, 3.8) is 0 Å². The van der Waals surface area contributed by atoms with Crippen molar-refractivity contribution in [3.05, 3.63) is 45.5 Å². The summed E-state index contributed by atoms with van der Waals surface area (Å²) in [6.07, 6.45) is 1.51. The zero-order chi connectivity index (χ0) is 25.8. The van der Waals surface area contributed by atoms with E-state index >= 15 is 0 Å². The Labute approximate surface area is 211 Å². The Morgan fingerprint density at radius 2 is 2.17 bits per heavy atom. The number of thioether (sulfide) groups is 2. The maximum absolute atomic E-state index is 13.0. The summed E-state index contributed by atoms with van der Waals surface area (Å²) >= 11 is 2.43. The lowest BCUT2D eigenvalue weighted by atomic mass is 10.00. The first kappa shape index (κ1) is 25.2. The van der Waals surface area contributed by atoms with E-state index in [0.29, 0.717) is 5.57 Å². The van der Waals surface area contributed by atoms with E-state index in [1.165, 1.54) is 24.0 Å². The molecule has 4 rings (SSSR count). The minimum Gasteiger partial charge on any atom is -0.477 e. The van der Waals surface area contributed by atoms with Gasteiger partial charge >= 0.3 is 12.0 Å². The van der Waals surface area contributed by atoms with E-state index in [0.717, 1.165) is 16.7 Å². The van der Waals surface area contributed by atoms with Crippen molar-refractivity contribution in [2.24, 2.45) is 5.73 Å². The number of hydrogen-bond acceptors (Lipinski definition) is 10. The van der Waals surface area contributed by atoms with Gasteiger partial charge in [0.2, 0.25) is 11.1 Å². The van der Waals surface area contributed by atoms with Crippen LogP contribution < -0.4 is 21.9 Å². The molecule has 0 saturated carbocycles.